The van der Waals surface area contributed by atoms with Crippen LogP contribution in [0.2, 0.25) is 0 Å². The van der Waals surface area contributed by atoms with E-state index in [1.807, 2.05) is 0 Å². The zero-order valence-electron chi connectivity index (χ0n) is 15.2. The number of nitrogens with zero attached hydrogens (tertiary/aromatic N) is 4. The minimum Gasteiger partial charge on any atom is -0.405 e. The molecule has 0 aliphatic rings. The molecule has 9 nitrogen and oxygen atoms in total. The van der Waals surface area contributed by atoms with Crippen LogP contribution >= 0.6 is 0 Å². The van der Waals surface area contributed by atoms with E-state index in [4.69, 9.17) is 0 Å². The molecule has 0 bridgehead atoms. The SMILES string of the molecule is O=C(Cn1cnc(-c2cccc([N+](=O)[O-])c2)n1)NCc1ccccc1OC(F)(F)F. The summed E-state index contributed by atoms with van der Waals surface area (Å²) in [6.07, 6.45) is -3.57. The van der Waals surface area contributed by atoms with E-state index in [1.54, 1.807) is 6.07 Å². The number of ether oxygens (including phenoxy) is 1. The molecule has 0 spiro atoms. The highest BCUT2D eigenvalue weighted by molar-refractivity contribution is 5.75. The van der Waals surface area contributed by atoms with Gasteiger partial charge < -0.3 is 10.1 Å². The monoisotopic (exact) mass is 421 g/mol. The first-order valence-corrected chi connectivity index (χ1v) is 8.46. The summed E-state index contributed by atoms with van der Waals surface area (Å²) in [5.74, 6) is -0.734. The van der Waals surface area contributed by atoms with E-state index in [2.05, 4.69) is 20.1 Å². The lowest BCUT2D eigenvalue weighted by molar-refractivity contribution is -0.384. The van der Waals surface area contributed by atoms with Crippen LogP contribution in [-0.4, -0.2) is 32.0 Å². The Hall–Kier alpha value is -3.96. The van der Waals surface area contributed by atoms with Gasteiger partial charge in [-0.3, -0.25) is 14.9 Å². The number of hydrogen-bond acceptors (Lipinski definition) is 6. The Kier molecular flexibility index (Phi) is 5.95. The Morgan fingerprint density at radius 3 is 2.70 bits per heavy atom. The third kappa shape index (κ3) is 5.53. The first-order valence-electron chi connectivity index (χ1n) is 8.46. The second kappa shape index (κ2) is 8.59. The zero-order chi connectivity index (χ0) is 21.7. The fourth-order valence-electron chi connectivity index (χ4n) is 2.53. The van der Waals surface area contributed by atoms with Crippen molar-refractivity contribution in [3.63, 3.8) is 0 Å². The average Bonchev–Trinajstić information content (AvgIpc) is 3.14. The van der Waals surface area contributed by atoms with Gasteiger partial charge in [-0.05, 0) is 6.07 Å². The summed E-state index contributed by atoms with van der Waals surface area (Å²) >= 11 is 0. The molecular formula is C18H14F3N5O4. The van der Waals surface area contributed by atoms with E-state index >= 15 is 0 Å². The molecule has 0 unspecified atom stereocenters. The van der Waals surface area contributed by atoms with E-state index in [9.17, 15) is 28.1 Å². The number of carbonyl (C=O) groups excluding carboxylic acids is 1. The molecule has 0 aliphatic carbocycles. The number of alkyl halides is 3. The van der Waals surface area contributed by atoms with Gasteiger partial charge in [0.05, 0.1) is 4.92 Å². The predicted molar refractivity (Wildman–Crippen MR) is 97.1 cm³/mol. The van der Waals surface area contributed by atoms with Gasteiger partial charge in [0.25, 0.3) is 5.69 Å². The molecular weight excluding hydrogens is 407 g/mol. The van der Waals surface area contributed by atoms with Crippen LogP contribution < -0.4 is 10.1 Å². The summed E-state index contributed by atoms with van der Waals surface area (Å²) in [4.78, 5) is 26.4. The molecule has 12 heteroatoms. The van der Waals surface area contributed by atoms with Gasteiger partial charge in [-0.1, -0.05) is 30.3 Å². The van der Waals surface area contributed by atoms with Crippen molar-refractivity contribution in [3.05, 3.63) is 70.5 Å². The van der Waals surface area contributed by atoms with Crippen molar-refractivity contribution in [2.75, 3.05) is 0 Å². The van der Waals surface area contributed by atoms with Gasteiger partial charge in [-0.15, -0.1) is 13.2 Å². The highest BCUT2D eigenvalue weighted by atomic mass is 19.4. The molecule has 0 radical (unpaired) electrons. The molecule has 0 saturated carbocycles. The van der Waals surface area contributed by atoms with Crippen molar-refractivity contribution in [1.82, 2.24) is 20.1 Å². The van der Waals surface area contributed by atoms with Crippen molar-refractivity contribution in [3.8, 4) is 17.1 Å². The van der Waals surface area contributed by atoms with Crippen LogP contribution in [0.15, 0.2) is 54.9 Å². The standard InChI is InChI=1S/C18H14F3N5O4/c19-18(20,21)30-15-7-2-1-4-13(15)9-22-16(27)10-25-11-23-17(24-25)12-5-3-6-14(8-12)26(28)29/h1-8,11H,9-10H2,(H,22,27). The number of nitrogens with one attached hydrogen (secondary N) is 1. The number of amides is 1. The van der Waals surface area contributed by atoms with Crippen LogP contribution in [0, 0.1) is 10.1 Å². The maximum absolute atomic E-state index is 12.5. The summed E-state index contributed by atoms with van der Waals surface area (Å²) < 4.78 is 42.5. The molecule has 1 aromatic heterocycles. The number of nitro benzene ring substituents is 1. The molecule has 3 rings (SSSR count). The second-order valence-electron chi connectivity index (χ2n) is 6.01. The van der Waals surface area contributed by atoms with E-state index in [0.717, 1.165) is 6.07 Å². The minimum absolute atomic E-state index is 0.124. The molecule has 0 fully saturated rings. The largest absolute Gasteiger partial charge is 0.573 e. The van der Waals surface area contributed by atoms with Gasteiger partial charge in [-0.2, -0.15) is 5.10 Å². The predicted octanol–water partition coefficient (Wildman–Crippen LogP) is 3.07. The van der Waals surface area contributed by atoms with Gasteiger partial charge in [-0.25, -0.2) is 9.67 Å². The normalized spacial score (nSPS) is 11.2. The van der Waals surface area contributed by atoms with Gasteiger partial charge in [0, 0.05) is 29.8 Å². The van der Waals surface area contributed by atoms with Crippen LogP contribution in [0.1, 0.15) is 5.56 Å². The maximum atomic E-state index is 12.5. The van der Waals surface area contributed by atoms with Crippen molar-refractivity contribution in [2.45, 2.75) is 19.5 Å². The van der Waals surface area contributed by atoms with E-state index in [0.29, 0.717) is 5.56 Å². The first kappa shape index (κ1) is 20.8. The van der Waals surface area contributed by atoms with Crippen LogP contribution in [0.5, 0.6) is 5.75 Å². The number of rotatable bonds is 7. The summed E-state index contributed by atoms with van der Waals surface area (Å²) in [5, 5.41) is 17.4. The third-order valence-electron chi connectivity index (χ3n) is 3.83. The molecule has 0 saturated heterocycles. The number of halogens is 3. The fraction of sp³-hybridized carbons (Fsp3) is 0.167. The van der Waals surface area contributed by atoms with Crippen LogP contribution in [0.4, 0.5) is 18.9 Å². The molecule has 1 amide bonds. The van der Waals surface area contributed by atoms with E-state index in [-0.39, 0.29) is 30.2 Å². The maximum Gasteiger partial charge on any atom is 0.573 e. The summed E-state index contributed by atoms with van der Waals surface area (Å²) in [6.45, 7) is -0.429. The Morgan fingerprint density at radius 1 is 1.20 bits per heavy atom. The van der Waals surface area contributed by atoms with Crippen LogP contribution in [0.25, 0.3) is 11.4 Å². The van der Waals surface area contributed by atoms with Gasteiger partial charge in [0.1, 0.15) is 18.6 Å². The van der Waals surface area contributed by atoms with Crippen LogP contribution in [-0.2, 0) is 17.9 Å². The third-order valence-corrected chi connectivity index (χ3v) is 3.83. The van der Waals surface area contributed by atoms with Crippen LogP contribution in [0.3, 0.4) is 0 Å². The van der Waals surface area contributed by atoms with Crippen molar-refractivity contribution in [2.24, 2.45) is 0 Å². The Bertz CT molecular complexity index is 1070. The highest BCUT2D eigenvalue weighted by Gasteiger charge is 2.32. The number of carbonyl (C=O) groups is 1. The van der Waals surface area contributed by atoms with Gasteiger partial charge in [0.2, 0.25) is 5.91 Å². The van der Waals surface area contributed by atoms with Crippen molar-refractivity contribution >= 4 is 11.6 Å². The Balaban J connectivity index is 1.62. The first-order chi connectivity index (χ1) is 14.2. The molecule has 3 aromatic rings. The van der Waals surface area contributed by atoms with Crippen molar-refractivity contribution < 1.29 is 27.6 Å². The molecule has 156 valence electrons. The van der Waals surface area contributed by atoms with Crippen molar-refractivity contribution in [1.29, 1.82) is 0 Å². The molecule has 2 aromatic carbocycles. The molecule has 0 atom stereocenters. The van der Waals surface area contributed by atoms with E-state index in [1.165, 1.54) is 47.4 Å². The van der Waals surface area contributed by atoms with E-state index < -0.39 is 22.9 Å². The fourth-order valence-corrected chi connectivity index (χ4v) is 2.53. The Morgan fingerprint density at radius 2 is 1.97 bits per heavy atom. The molecule has 0 aliphatic heterocycles. The lowest BCUT2D eigenvalue weighted by atomic mass is 10.2. The number of benzene rings is 2. The Labute approximate surface area is 167 Å². The molecule has 1 N–H and O–H groups in total. The summed E-state index contributed by atoms with van der Waals surface area (Å²) in [7, 11) is 0. The number of non-ortho nitro benzene ring substituents is 1. The summed E-state index contributed by atoms with van der Waals surface area (Å²) in [5.41, 5.74) is 0.432. The number of nitro groups is 1. The molecule has 30 heavy (non-hydrogen) atoms. The minimum atomic E-state index is -4.84. The number of aromatic nitrogens is 3. The average molecular weight is 421 g/mol. The van der Waals surface area contributed by atoms with Gasteiger partial charge in [0.15, 0.2) is 5.82 Å². The lowest BCUT2D eigenvalue weighted by Gasteiger charge is -2.13. The highest BCUT2D eigenvalue weighted by Crippen LogP contribution is 2.26. The zero-order valence-corrected chi connectivity index (χ0v) is 15.2. The topological polar surface area (TPSA) is 112 Å². The quantitative estimate of drug-likeness (QED) is 0.464. The number of hydrogen-bond donors (Lipinski definition) is 1. The van der Waals surface area contributed by atoms with Gasteiger partial charge >= 0.3 is 6.36 Å². The summed E-state index contributed by atoms with van der Waals surface area (Å²) in [6, 6.07) is 11.2. The smallest absolute Gasteiger partial charge is 0.405 e. The number of para-hydroxylation sites is 1. The lowest BCUT2D eigenvalue weighted by Crippen LogP contribution is -2.28. The second-order valence-corrected chi connectivity index (χ2v) is 6.01. The molecule has 1 heterocycles.